The number of benzene rings is 2. The molecule has 0 saturated heterocycles. The summed E-state index contributed by atoms with van der Waals surface area (Å²) in [5.74, 6) is -1.74. The highest BCUT2D eigenvalue weighted by molar-refractivity contribution is 7.92. The Hall–Kier alpha value is -3.15. The number of anilines is 1. The van der Waals surface area contributed by atoms with Gasteiger partial charge in [-0.15, -0.1) is 0 Å². The predicted octanol–water partition coefficient (Wildman–Crippen LogP) is 4.09. The first kappa shape index (κ1) is 28.4. The second kappa shape index (κ2) is 11.5. The Morgan fingerprint density at radius 1 is 1.08 bits per heavy atom. The van der Waals surface area contributed by atoms with E-state index >= 15 is 0 Å². The summed E-state index contributed by atoms with van der Waals surface area (Å²) in [6, 6.07) is 7.82. The van der Waals surface area contributed by atoms with E-state index in [0.717, 1.165) is 55.0 Å². The Morgan fingerprint density at radius 3 is 2.27 bits per heavy atom. The van der Waals surface area contributed by atoms with Gasteiger partial charge in [-0.3, -0.25) is 13.9 Å². The first-order valence-corrected chi connectivity index (χ1v) is 13.6. The summed E-state index contributed by atoms with van der Waals surface area (Å²) in [5.41, 5.74) is -0.922. The first-order valence-electron chi connectivity index (χ1n) is 11.7. The molecule has 37 heavy (non-hydrogen) atoms. The fourth-order valence-corrected chi connectivity index (χ4v) is 5.05. The highest BCUT2D eigenvalue weighted by atomic mass is 32.2. The number of alkyl halides is 3. The molecule has 0 unspecified atom stereocenters. The quantitative estimate of drug-likeness (QED) is 0.483. The number of hydrogen-bond acceptors (Lipinski definition) is 4. The van der Waals surface area contributed by atoms with Gasteiger partial charge in [0.05, 0.1) is 17.5 Å². The minimum Gasteiger partial charge on any atom is -0.352 e. The van der Waals surface area contributed by atoms with Crippen LogP contribution >= 0.6 is 0 Å². The van der Waals surface area contributed by atoms with Crippen LogP contribution in [0.2, 0.25) is 0 Å². The monoisotopic (exact) mass is 543 g/mol. The lowest BCUT2D eigenvalue weighted by molar-refractivity contribution is -0.139. The van der Waals surface area contributed by atoms with Crippen LogP contribution in [0.3, 0.4) is 0 Å². The number of rotatable bonds is 9. The van der Waals surface area contributed by atoms with E-state index in [-0.39, 0.29) is 18.3 Å². The summed E-state index contributed by atoms with van der Waals surface area (Å²) in [4.78, 5) is 27.6. The molecule has 7 nitrogen and oxygen atoms in total. The molecule has 3 rings (SSSR count). The fourth-order valence-electron chi connectivity index (χ4n) is 4.21. The smallest absolute Gasteiger partial charge is 0.352 e. The van der Waals surface area contributed by atoms with Crippen molar-refractivity contribution in [3.8, 4) is 0 Å². The SMILES string of the molecule is C[C@@H](C(=O)NC1CCCC1)N(Cc1ccc(F)cc1)C(=O)CN(c1cccc(C(F)(F)F)c1)S(C)(=O)=O. The zero-order valence-electron chi connectivity index (χ0n) is 20.5. The summed E-state index contributed by atoms with van der Waals surface area (Å²) in [7, 11) is -4.18. The van der Waals surface area contributed by atoms with Gasteiger partial charge in [-0.2, -0.15) is 13.2 Å². The maximum absolute atomic E-state index is 13.5. The van der Waals surface area contributed by atoms with Gasteiger partial charge in [0.25, 0.3) is 0 Å². The van der Waals surface area contributed by atoms with E-state index in [1.54, 1.807) is 0 Å². The number of amides is 2. The van der Waals surface area contributed by atoms with Gasteiger partial charge in [0.15, 0.2) is 0 Å². The largest absolute Gasteiger partial charge is 0.416 e. The lowest BCUT2D eigenvalue weighted by atomic mass is 10.1. The Balaban J connectivity index is 1.91. The van der Waals surface area contributed by atoms with E-state index in [1.165, 1.54) is 31.2 Å². The molecule has 1 saturated carbocycles. The van der Waals surface area contributed by atoms with E-state index < -0.39 is 52.0 Å². The molecule has 202 valence electrons. The van der Waals surface area contributed by atoms with Gasteiger partial charge in [0.1, 0.15) is 18.4 Å². The van der Waals surface area contributed by atoms with Crippen molar-refractivity contribution in [3.63, 3.8) is 0 Å². The third-order valence-electron chi connectivity index (χ3n) is 6.28. The molecular formula is C25H29F4N3O4S. The van der Waals surface area contributed by atoms with Crippen LogP contribution in [0.25, 0.3) is 0 Å². The highest BCUT2D eigenvalue weighted by Crippen LogP contribution is 2.32. The first-order chi connectivity index (χ1) is 17.3. The topological polar surface area (TPSA) is 86.8 Å². The van der Waals surface area contributed by atoms with Crippen LogP contribution in [0.15, 0.2) is 48.5 Å². The minimum absolute atomic E-state index is 0.0321. The van der Waals surface area contributed by atoms with Crippen LogP contribution in [0.4, 0.5) is 23.2 Å². The van der Waals surface area contributed by atoms with E-state index in [2.05, 4.69) is 5.32 Å². The standard InChI is InChI=1S/C25H29F4N3O4S/c1-17(24(34)30-21-7-3-4-8-21)31(15-18-10-12-20(26)13-11-18)23(33)16-32(37(2,35)36)22-9-5-6-19(14-22)25(27,28)29/h5-6,9-14,17,21H,3-4,7-8,15-16H2,1-2H3,(H,30,34)/t17-/m0/s1. The van der Waals surface area contributed by atoms with E-state index in [9.17, 15) is 35.6 Å². The molecule has 0 spiro atoms. The number of carbonyl (C=O) groups is 2. The predicted molar refractivity (Wildman–Crippen MR) is 130 cm³/mol. The molecule has 2 amide bonds. The van der Waals surface area contributed by atoms with Crippen LogP contribution in [-0.4, -0.2) is 50.0 Å². The van der Waals surface area contributed by atoms with Gasteiger partial charge in [0.2, 0.25) is 21.8 Å². The Kier molecular flexibility index (Phi) is 8.83. The van der Waals surface area contributed by atoms with Crippen molar-refractivity contribution < 1.29 is 35.6 Å². The van der Waals surface area contributed by atoms with Crippen LogP contribution < -0.4 is 9.62 Å². The molecule has 2 aromatic carbocycles. The second-order valence-electron chi connectivity index (χ2n) is 9.13. The maximum atomic E-state index is 13.5. The van der Waals surface area contributed by atoms with Crippen molar-refractivity contribution in [1.82, 2.24) is 10.2 Å². The average molecular weight is 544 g/mol. The number of sulfonamides is 1. The molecule has 2 aromatic rings. The van der Waals surface area contributed by atoms with Crippen molar-refractivity contribution in [2.45, 2.75) is 57.4 Å². The van der Waals surface area contributed by atoms with Crippen molar-refractivity contribution >= 4 is 27.5 Å². The van der Waals surface area contributed by atoms with Crippen molar-refractivity contribution in [2.75, 3.05) is 17.1 Å². The molecule has 1 fully saturated rings. The molecule has 1 atom stereocenters. The molecule has 1 aliphatic rings. The lowest BCUT2D eigenvalue weighted by Crippen LogP contribution is -2.52. The molecule has 0 radical (unpaired) electrons. The molecule has 1 N–H and O–H groups in total. The zero-order chi connectivity index (χ0) is 27.4. The highest BCUT2D eigenvalue weighted by Gasteiger charge is 2.34. The molecule has 0 aliphatic heterocycles. The number of hydrogen-bond donors (Lipinski definition) is 1. The summed E-state index contributed by atoms with van der Waals surface area (Å²) in [6.45, 7) is 0.516. The Bertz CT molecular complexity index is 1210. The third kappa shape index (κ3) is 7.67. The number of nitrogens with one attached hydrogen (secondary N) is 1. The molecule has 0 bridgehead atoms. The molecule has 0 aromatic heterocycles. The van der Waals surface area contributed by atoms with Crippen molar-refractivity contribution in [3.05, 3.63) is 65.5 Å². The van der Waals surface area contributed by atoms with Gasteiger partial charge in [-0.25, -0.2) is 12.8 Å². The van der Waals surface area contributed by atoms with E-state index in [1.807, 2.05) is 0 Å². The number of nitrogens with zero attached hydrogens (tertiary/aromatic N) is 2. The summed E-state index contributed by atoms with van der Waals surface area (Å²) >= 11 is 0. The average Bonchev–Trinajstić information content (AvgIpc) is 3.33. The van der Waals surface area contributed by atoms with Crippen LogP contribution in [0.5, 0.6) is 0 Å². The Labute approximate surface area is 213 Å². The summed E-state index contributed by atoms with van der Waals surface area (Å²) in [6.07, 6.45) is -0.384. The van der Waals surface area contributed by atoms with Gasteiger partial charge in [0, 0.05) is 12.6 Å². The molecule has 0 heterocycles. The normalized spacial score (nSPS) is 15.3. The van der Waals surface area contributed by atoms with E-state index in [0.29, 0.717) is 15.9 Å². The van der Waals surface area contributed by atoms with Crippen molar-refractivity contribution in [1.29, 1.82) is 0 Å². The van der Waals surface area contributed by atoms with Crippen LogP contribution in [0.1, 0.15) is 43.7 Å². The molecular weight excluding hydrogens is 514 g/mol. The number of carbonyl (C=O) groups excluding carboxylic acids is 2. The lowest BCUT2D eigenvalue weighted by Gasteiger charge is -2.32. The number of halogens is 4. The van der Waals surface area contributed by atoms with Crippen molar-refractivity contribution in [2.24, 2.45) is 0 Å². The third-order valence-corrected chi connectivity index (χ3v) is 7.42. The molecule has 1 aliphatic carbocycles. The zero-order valence-corrected chi connectivity index (χ0v) is 21.3. The van der Waals surface area contributed by atoms with Crippen LogP contribution in [0, 0.1) is 5.82 Å². The molecule has 12 heteroatoms. The summed E-state index contributed by atoms with van der Waals surface area (Å²) in [5, 5.41) is 2.90. The maximum Gasteiger partial charge on any atom is 0.416 e. The van der Waals surface area contributed by atoms with Gasteiger partial charge in [-0.1, -0.05) is 31.0 Å². The van der Waals surface area contributed by atoms with E-state index in [4.69, 9.17) is 0 Å². The summed E-state index contributed by atoms with van der Waals surface area (Å²) < 4.78 is 78.8. The Morgan fingerprint density at radius 2 is 1.70 bits per heavy atom. The minimum atomic E-state index is -4.72. The van der Waals surface area contributed by atoms with Gasteiger partial charge >= 0.3 is 6.18 Å². The van der Waals surface area contributed by atoms with Gasteiger partial charge < -0.3 is 10.2 Å². The van der Waals surface area contributed by atoms with Gasteiger partial charge in [-0.05, 0) is 55.7 Å². The van der Waals surface area contributed by atoms with Crippen LogP contribution in [-0.2, 0) is 32.3 Å². The fraction of sp³-hybridized carbons (Fsp3) is 0.440. The second-order valence-corrected chi connectivity index (χ2v) is 11.0.